The first-order valence-electron chi connectivity index (χ1n) is 6.43. The van der Waals surface area contributed by atoms with Crippen LogP contribution in [-0.2, 0) is 4.79 Å². The third kappa shape index (κ3) is 4.02. The van der Waals surface area contributed by atoms with E-state index in [0.29, 0.717) is 5.69 Å². The van der Waals surface area contributed by atoms with Crippen LogP contribution in [0.25, 0.3) is 0 Å². The number of hydrogen-bond donors (Lipinski definition) is 1. The molecule has 114 valence electrons. The largest absolute Gasteiger partial charge is 0.481 e. The zero-order valence-corrected chi connectivity index (χ0v) is 11.7. The minimum atomic E-state index is -0.868. The predicted molar refractivity (Wildman–Crippen MR) is 78.2 cm³/mol. The smallest absolute Gasteiger partial charge is 0.273 e. The molecule has 0 fully saturated rings. The Hall–Kier alpha value is -2.96. The maximum Gasteiger partial charge on any atom is 0.273 e. The Morgan fingerprint density at radius 1 is 1.27 bits per heavy atom. The van der Waals surface area contributed by atoms with Crippen molar-refractivity contribution in [2.24, 2.45) is 0 Å². The van der Waals surface area contributed by atoms with E-state index in [1.165, 1.54) is 55.5 Å². The topological polar surface area (TPSA) is 81.5 Å². The van der Waals surface area contributed by atoms with Gasteiger partial charge in [-0.05, 0) is 37.3 Å². The van der Waals surface area contributed by atoms with Gasteiger partial charge in [-0.2, -0.15) is 0 Å². The van der Waals surface area contributed by atoms with Gasteiger partial charge < -0.3 is 10.1 Å². The highest BCUT2D eigenvalue weighted by atomic mass is 19.1. The van der Waals surface area contributed by atoms with Gasteiger partial charge in [0.05, 0.1) is 11.0 Å². The molecule has 2 aromatic carbocycles. The molecule has 0 saturated heterocycles. The van der Waals surface area contributed by atoms with Gasteiger partial charge in [0.2, 0.25) is 0 Å². The van der Waals surface area contributed by atoms with Crippen LogP contribution in [0, 0.1) is 15.9 Å². The minimum absolute atomic E-state index is 0.122. The molecule has 0 aromatic heterocycles. The summed E-state index contributed by atoms with van der Waals surface area (Å²) in [5.41, 5.74) is 0.310. The van der Waals surface area contributed by atoms with E-state index < -0.39 is 22.8 Å². The van der Waals surface area contributed by atoms with Gasteiger partial charge in [0.25, 0.3) is 11.6 Å². The van der Waals surface area contributed by atoms with Crippen LogP contribution in [0.15, 0.2) is 48.5 Å². The third-order valence-electron chi connectivity index (χ3n) is 2.82. The summed E-state index contributed by atoms with van der Waals surface area (Å²) in [7, 11) is 0. The van der Waals surface area contributed by atoms with Gasteiger partial charge >= 0.3 is 0 Å². The first kappa shape index (κ1) is 15.4. The lowest BCUT2D eigenvalue weighted by Gasteiger charge is -2.14. The number of ether oxygens (including phenoxy) is 1. The highest BCUT2D eigenvalue weighted by Gasteiger charge is 2.16. The molecular formula is C15H13FN2O4. The van der Waals surface area contributed by atoms with Crippen LogP contribution in [0.2, 0.25) is 0 Å². The summed E-state index contributed by atoms with van der Waals surface area (Å²) in [5, 5.41) is 13.2. The van der Waals surface area contributed by atoms with Gasteiger partial charge in [-0.1, -0.05) is 6.07 Å². The molecular weight excluding hydrogens is 291 g/mol. The quantitative estimate of drug-likeness (QED) is 0.679. The number of anilines is 1. The van der Waals surface area contributed by atoms with Gasteiger partial charge in [-0.25, -0.2) is 4.39 Å². The van der Waals surface area contributed by atoms with Crippen molar-refractivity contribution in [3.8, 4) is 5.75 Å². The van der Waals surface area contributed by atoms with E-state index in [1.54, 1.807) is 0 Å². The van der Waals surface area contributed by atoms with Crippen molar-refractivity contribution in [3.63, 3.8) is 0 Å². The number of carbonyl (C=O) groups is 1. The summed E-state index contributed by atoms with van der Waals surface area (Å²) in [5.74, 6) is -0.632. The van der Waals surface area contributed by atoms with E-state index >= 15 is 0 Å². The maximum atomic E-state index is 12.8. The van der Waals surface area contributed by atoms with Crippen LogP contribution in [-0.4, -0.2) is 16.9 Å². The lowest BCUT2D eigenvalue weighted by molar-refractivity contribution is -0.384. The fraction of sp³-hybridized carbons (Fsp3) is 0.133. The number of carbonyl (C=O) groups excluding carboxylic acids is 1. The SMILES string of the molecule is C[C@@H](Oc1cccc([N+](=O)[O-])c1)C(=O)Nc1ccc(F)cc1. The number of nitrogens with zero attached hydrogens (tertiary/aromatic N) is 1. The lowest BCUT2D eigenvalue weighted by Crippen LogP contribution is -2.30. The minimum Gasteiger partial charge on any atom is -0.481 e. The number of rotatable bonds is 5. The van der Waals surface area contributed by atoms with Crippen molar-refractivity contribution in [2.45, 2.75) is 13.0 Å². The number of hydrogen-bond acceptors (Lipinski definition) is 4. The number of nitro groups is 1. The highest BCUT2D eigenvalue weighted by molar-refractivity contribution is 5.94. The summed E-state index contributed by atoms with van der Waals surface area (Å²) >= 11 is 0. The second-order valence-electron chi connectivity index (χ2n) is 4.51. The molecule has 0 heterocycles. The first-order chi connectivity index (χ1) is 10.5. The molecule has 0 aliphatic carbocycles. The zero-order chi connectivity index (χ0) is 16.1. The number of halogens is 1. The van der Waals surface area contributed by atoms with E-state index in [2.05, 4.69) is 5.32 Å². The van der Waals surface area contributed by atoms with Crippen LogP contribution < -0.4 is 10.1 Å². The molecule has 6 nitrogen and oxygen atoms in total. The molecule has 2 rings (SSSR count). The highest BCUT2D eigenvalue weighted by Crippen LogP contribution is 2.20. The Morgan fingerprint density at radius 3 is 2.59 bits per heavy atom. The molecule has 22 heavy (non-hydrogen) atoms. The molecule has 1 atom stereocenters. The van der Waals surface area contributed by atoms with Gasteiger partial charge in [-0.15, -0.1) is 0 Å². The van der Waals surface area contributed by atoms with Gasteiger partial charge in [-0.3, -0.25) is 14.9 Å². The monoisotopic (exact) mass is 304 g/mol. The molecule has 2 aromatic rings. The van der Waals surface area contributed by atoms with Crippen molar-refractivity contribution < 1.29 is 18.8 Å². The Balaban J connectivity index is 2.00. The summed E-state index contributed by atoms with van der Waals surface area (Å²) < 4.78 is 18.2. The van der Waals surface area contributed by atoms with Gasteiger partial charge in [0, 0.05) is 11.8 Å². The summed E-state index contributed by atoms with van der Waals surface area (Å²) in [6, 6.07) is 10.9. The maximum absolute atomic E-state index is 12.8. The Morgan fingerprint density at radius 2 is 1.95 bits per heavy atom. The number of non-ortho nitro benzene ring substituents is 1. The van der Waals surface area contributed by atoms with E-state index in [1.807, 2.05) is 0 Å². The van der Waals surface area contributed by atoms with Crippen molar-refractivity contribution in [2.75, 3.05) is 5.32 Å². The van der Waals surface area contributed by atoms with Crippen molar-refractivity contribution in [3.05, 3.63) is 64.5 Å². The summed E-state index contributed by atoms with van der Waals surface area (Å²) in [6.45, 7) is 1.51. The number of amides is 1. The molecule has 1 N–H and O–H groups in total. The number of nitro benzene ring substituents is 1. The summed E-state index contributed by atoms with van der Waals surface area (Å²) in [4.78, 5) is 22.1. The zero-order valence-electron chi connectivity index (χ0n) is 11.7. The second-order valence-corrected chi connectivity index (χ2v) is 4.51. The molecule has 0 aliphatic heterocycles. The molecule has 0 radical (unpaired) electrons. The number of benzene rings is 2. The first-order valence-corrected chi connectivity index (χ1v) is 6.43. The molecule has 0 spiro atoms. The molecule has 1 amide bonds. The molecule has 7 heteroatoms. The molecule has 0 aliphatic rings. The van der Waals surface area contributed by atoms with E-state index in [-0.39, 0.29) is 11.4 Å². The average Bonchev–Trinajstić information content (AvgIpc) is 2.49. The van der Waals surface area contributed by atoms with Gasteiger partial charge in [0.15, 0.2) is 6.10 Å². The van der Waals surface area contributed by atoms with Crippen LogP contribution in [0.4, 0.5) is 15.8 Å². The molecule has 0 bridgehead atoms. The van der Waals surface area contributed by atoms with Gasteiger partial charge in [0.1, 0.15) is 11.6 Å². The normalized spacial score (nSPS) is 11.5. The average molecular weight is 304 g/mol. The Kier molecular flexibility index (Phi) is 4.67. The third-order valence-corrected chi connectivity index (χ3v) is 2.82. The Labute approximate surface area is 125 Å². The van der Waals surface area contributed by atoms with Crippen LogP contribution in [0.1, 0.15) is 6.92 Å². The van der Waals surface area contributed by atoms with E-state index in [0.717, 1.165) is 0 Å². The van der Waals surface area contributed by atoms with Crippen molar-refractivity contribution >= 4 is 17.3 Å². The van der Waals surface area contributed by atoms with Crippen molar-refractivity contribution in [1.82, 2.24) is 0 Å². The van der Waals surface area contributed by atoms with Crippen LogP contribution in [0.3, 0.4) is 0 Å². The number of nitrogens with one attached hydrogen (secondary N) is 1. The second kappa shape index (κ2) is 6.66. The molecule has 0 saturated carbocycles. The fourth-order valence-corrected chi connectivity index (χ4v) is 1.71. The molecule has 0 unspecified atom stereocenters. The predicted octanol–water partition coefficient (Wildman–Crippen LogP) is 3.14. The lowest BCUT2D eigenvalue weighted by atomic mass is 10.2. The van der Waals surface area contributed by atoms with E-state index in [9.17, 15) is 19.3 Å². The Bertz CT molecular complexity index is 688. The van der Waals surface area contributed by atoms with Crippen LogP contribution in [0.5, 0.6) is 5.75 Å². The van der Waals surface area contributed by atoms with Crippen LogP contribution >= 0.6 is 0 Å². The standard InChI is InChI=1S/C15H13FN2O4/c1-10(15(19)17-12-7-5-11(16)6-8-12)22-14-4-2-3-13(9-14)18(20)21/h2-10H,1H3,(H,17,19)/t10-/m1/s1. The van der Waals surface area contributed by atoms with E-state index in [4.69, 9.17) is 4.74 Å². The summed E-state index contributed by atoms with van der Waals surface area (Å²) in [6.07, 6.45) is -0.868. The fourth-order valence-electron chi connectivity index (χ4n) is 1.71. The van der Waals surface area contributed by atoms with Crippen molar-refractivity contribution in [1.29, 1.82) is 0 Å².